The van der Waals surface area contributed by atoms with Gasteiger partial charge in [0.15, 0.2) is 0 Å². The van der Waals surface area contributed by atoms with E-state index < -0.39 is 0 Å². The molecule has 94 valence electrons. The Bertz CT molecular complexity index is 545. The third-order valence-electron chi connectivity index (χ3n) is 2.59. The molecule has 0 unspecified atom stereocenters. The van der Waals surface area contributed by atoms with E-state index in [-0.39, 0.29) is 5.82 Å². The van der Waals surface area contributed by atoms with Crippen LogP contribution in [-0.2, 0) is 6.54 Å². The lowest BCUT2D eigenvalue weighted by Gasteiger charge is -2.11. The van der Waals surface area contributed by atoms with Crippen molar-refractivity contribution >= 4 is 21.6 Å². The predicted octanol–water partition coefficient (Wildman–Crippen LogP) is 4.21. The van der Waals surface area contributed by atoms with E-state index in [1.165, 1.54) is 12.1 Å². The molecule has 2 nitrogen and oxygen atoms in total. The van der Waals surface area contributed by atoms with Crippen molar-refractivity contribution in [1.29, 1.82) is 0 Å². The van der Waals surface area contributed by atoms with Crippen molar-refractivity contribution in [3.63, 3.8) is 0 Å². The molecular weight excluding hydrogens is 297 g/mol. The first-order valence-corrected chi connectivity index (χ1v) is 6.31. The number of nitrogens with one attached hydrogen (secondary N) is 1. The Morgan fingerprint density at radius 1 is 1.22 bits per heavy atom. The number of benzene rings is 2. The summed E-state index contributed by atoms with van der Waals surface area (Å²) in [6, 6.07) is 12.4. The topological polar surface area (TPSA) is 21.3 Å². The zero-order valence-electron chi connectivity index (χ0n) is 9.91. The minimum absolute atomic E-state index is 0.260. The molecule has 0 aromatic heterocycles. The molecule has 0 aliphatic rings. The van der Waals surface area contributed by atoms with Gasteiger partial charge in [0, 0.05) is 22.3 Å². The zero-order chi connectivity index (χ0) is 13.0. The van der Waals surface area contributed by atoms with Crippen LogP contribution in [0.25, 0.3) is 0 Å². The molecule has 18 heavy (non-hydrogen) atoms. The quantitative estimate of drug-likeness (QED) is 0.913. The molecule has 0 atom stereocenters. The normalized spacial score (nSPS) is 10.2. The fraction of sp³-hybridized carbons (Fsp3) is 0.143. The van der Waals surface area contributed by atoms with E-state index in [0.29, 0.717) is 11.0 Å². The summed E-state index contributed by atoms with van der Waals surface area (Å²) >= 11 is 3.32. The minimum atomic E-state index is -0.260. The van der Waals surface area contributed by atoms with E-state index in [1.807, 2.05) is 24.3 Å². The number of ether oxygens (including phenoxy) is 1. The smallest absolute Gasteiger partial charge is 0.124 e. The molecule has 0 radical (unpaired) electrons. The fourth-order valence-corrected chi connectivity index (χ4v) is 2.16. The van der Waals surface area contributed by atoms with Gasteiger partial charge in [-0.2, -0.15) is 0 Å². The summed E-state index contributed by atoms with van der Waals surface area (Å²) in [4.78, 5) is 0. The molecule has 0 saturated heterocycles. The summed E-state index contributed by atoms with van der Waals surface area (Å²) in [5.41, 5.74) is 1.90. The van der Waals surface area contributed by atoms with Gasteiger partial charge < -0.3 is 10.1 Å². The van der Waals surface area contributed by atoms with Crippen molar-refractivity contribution in [1.82, 2.24) is 0 Å². The van der Waals surface area contributed by atoms with Crippen LogP contribution in [0.4, 0.5) is 10.1 Å². The second-order valence-electron chi connectivity index (χ2n) is 3.79. The first kappa shape index (κ1) is 12.9. The lowest BCUT2D eigenvalue weighted by molar-refractivity contribution is 0.410. The highest BCUT2D eigenvalue weighted by molar-refractivity contribution is 9.10. The Morgan fingerprint density at radius 3 is 2.72 bits per heavy atom. The molecule has 0 amide bonds. The van der Waals surface area contributed by atoms with Crippen LogP contribution >= 0.6 is 15.9 Å². The van der Waals surface area contributed by atoms with Gasteiger partial charge in [0.05, 0.1) is 7.11 Å². The molecule has 2 aromatic rings. The molecule has 0 saturated carbocycles. The maximum atomic E-state index is 13.0. The van der Waals surface area contributed by atoms with Gasteiger partial charge in [-0.1, -0.05) is 18.2 Å². The second kappa shape index (κ2) is 5.87. The van der Waals surface area contributed by atoms with Crippen molar-refractivity contribution in [2.24, 2.45) is 0 Å². The monoisotopic (exact) mass is 309 g/mol. The van der Waals surface area contributed by atoms with Crippen LogP contribution in [0.15, 0.2) is 46.9 Å². The van der Waals surface area contributed by atoms with Crippen LogP contribution in [0.5, 0.6) is 5.75 Å². The van der Waals surface area contributed by atoms with E-state index in [0.717, 1.165) is 17.0 Å². The highest BCUT2D eigenvalue weighted by atomic mass is 79.9. The van der Waals surface area contributed by atoms with Gasteiger partial charge in [-0.05, 0) is 40.2 Å². The largest absolute Gasteiger partial charge is 0.496 e. The summed E-state index contributed by atoms with van der Waals surface area (Å²) in [5.74, 6) is 0.577. The molecule has 0 bridgehead atoms. The van der Waals surface area contributed by atoms with Gasteiger partial charge in [0.25, 0.3) is 0 Å². The number of rotatable bonds is 4. The number of anilines is 1. The van der Waals surface area contributed by atoms with Crippen molar-refractivity contribution in [2.45, 2.75) is 6.54 Å². The maximum Gasteiger partial charge on any atom is 0.124 e. The maximum absolute atomic E-state index is 13.0. The second-order valence-corrected chi connectivity index (χ2v) is 4.64. The number of halogens is 2. The van der Waals surface area contributed by atoms with Gasteiger partial charge in [0.2, 0.25) is 0 Å². The average molecular weight is 310 g/mol. The van der Waals surface area contributed by atoms with Crippen LogP contribution in [0.2, 0.25) is 0 Å². The molecule has 2 aromatic carbocycles. The van der Waals surface area contributed by atoms with Crippen LogP contribution in [-0.4, -0.2) is 7.11 Å². The molecule has 4 heteroatoms. The summed E-state index contributed by atoms with van der Waals surface area (Å²) < 4.78 is 18.9. The number of hydrogen-bond acceptors (Lipinski definition) is 2. The highest BCUT2D eigenvalue weighted by Crippen LogP contribution is 2.25. The van der Waals surface area contributed by atoms with E-state index in [1.54, 1.807) is 13.2 Å². The molecule has 2 rings (SSSR count). The Hall–Kier alpha value is -1.55. The van der Waals surface area contributed by atoms with Crippen LogP contribution in [0.1, 0.15) is 5.56 Å². The Labute approximate surface area is 114 Å². The van der Waals surface area contributed by atoms with E-state index >= 15 is 0 Å². The molecule has 0 aliphatic carbocycles. The first-order chi connectivity index (χ1) is 8.70. The molecule has 0 spiro atoms. The molecular formula is C14H13BrFNO. The van der Waals surface area contributed by atoms with Crippen molar-refractivity contribution in [3.8, 4) is 5.75 Å². The predicted molar refractivity (Wildman–Crippen MR) is 74.4 cm³/mol. The summed E-state index contributed by atoms with van der Waals surface area (Å²) in [7, 11) is 1.65. The van der Waals surface area contributed by atoms with Crippen LogP contribution in [0, 0.1) is 5.82 Å². The first-order valence-electron chi connectivity index (χ1n) is 5.51. The molecule has 1 N–H and O–H groups in total. The van der Waals surface area contributed by atoms with Gasteiger partial charge in [-0.3, -0.25) is 0 Å². The van der Waals surface area contributed by atoms with E-state index in [2.05, 4.69) is 21.2 Å². The van der Waals surface area contributed by atoms with Gasteiger partial charge >= 0.3 is 0 Å². The molecule has 0 fully saturated rings. The summed E-state index contributed by atoms with van der Waals surface area (Å²) in [6.45, 7) is 0.619. The lowest BCUT2D eigenvalue weighted by atomic mass is 10.2. The highest BCUT2D eigenvalue weighted by Gasteiger charge is 2.04. The zero-order valence-corrected chi connectivity index (χ0v) is 11.5. The fourth-order valence-electron chi connectivity index (χ4n) is 1.67. The molecule has 0 aliphatic heterocycles. The molecule has 0 heterocycles. The van der Waals surface area contributed by atoms with Gasteiger partial charge in [-0.25, -0.2) is 4.39 Å². The number of hydrogen-bond donors (Lipinski definition) is 1. The van der Waals surface area contributed by atoms with E-state index in [4.69, 9.17) is 4.74 Å². The van der Waals surface area contributed by atoms with Gasteiger partial charge in [-0.15, -0.1) is 0 Å². The number of methoxy groups -OCH3 is 1. The van der Waals surface area contributed by atoms with Crippen molar-refractivity contribution in [2.75, 3.05) is 12.4 Å². The Morgan fingerprint density at radius 2 is 2.00 bits per heavy atom. The third-order valence-corrected chi connectivity index (χ3v) is 3.25. The minimum Gasteiger partial charge on any atom is -0.496 e. The lowest BCUT2D eigenvalue weighted by Crippen LogP contribution is -2.02. The standard InChI is InChI=1S/C14H13BrFNO/c1-18-14-5-3-2-4-10(14)9-17-13-7-6-11(16)8-12(13)15/h2-8,17H,9H2,1H3. The van der Waals surface area contributed by atoms with E-state index in [9.17, 15) is 4.39 Å². The Kier molecular flexibility index (Phi) is 4.20. The van der Waals surface area contributed by atoms with Crippen molar-refractivity contribution in [3.05, 3.63) is 58.3 Å². The van der Waals surface area contributed by atoms with Crippen LogP contribution in [0.3, 0.4) is 0 Å². The third kappa shape index (κ3) is 3.01. The SMILES string of the molecule is COc1ccccc1CNc1ccc(F)cc1Br. The van der Waals surface area contributed by atoms with Crippen molar-refractivity contribution < 1.29 is 9.13 Å². The summed E-state index contributed by atoms with van der Waals surface area (Å²) in [5, 5.41) is 3.24. The number of para-hydroxylation sites is 1. The average Bonchev–Trinajstić information content (AvgIpc) is 2.38. The van der Waals surface area contributed by atoms with Crippen LogP contribution < -0.4 is 10.1 Å². The Balaban J connectivity index is 2.11. The van der Waals surface area contributed by atoms with Gasteiger partial charge in [0.1, 0.15) is 11.6 Å². The summed E-state index contributed by atoms with van der Waals surface area (Å²) in [6.07, 6.45) is 0.